The molecule has 0 radical (unpaired) electrons. The minimum absolute atomic E-state index is 0.307. The zero-order valence-corrected chi connectivity index (χ0v) is 11.4. The summed E-state index contributed by atoms with van der Waals surface area (Å²) in [7, 11) is 0. The molecule has 0 aliphatic rings. The third-order valence-electron chi connectivity index (χ3n) is 2.35. The number of benzene rings is 1. The smallest absolute Gasteiger partial charge is 0.252 e. The number of nitrogens with zero attached hydrogens (tertiary/aromatic N) is 1. The molecule has 1 rings (SSSR count). The van der Waals surface area contributed by atoms with Crippen LogP contribution in [0.4, 0.5) is 0 Å². The molecule has 0 aromatic heterocycles. The Kier molecular flexibility index (Phi) is 5.68. The fourth-order valence-electron chi connectivity index (χ4n) is 1.50. The monoisotopic (exact) mass is 262 g/mol. The maximum Gasteiger partial charge on any atom is 0.252 e. The van der Waals surface area contributed by atoms with Crippen molar-refractivity contribution in [2.75, 3.05) is 13.2 Å². The van der Waals surface area contributed by atoms with Gasteiger partial charge in [0.05, 0.1) is 19.3 Å². The van der Waals surface area contributed by atoms with E-state index in [1.54, 1.807) is 25.1 Å². The van der Waals surface area contributed by atoms with Crippen LogP contribution in [0.3, 0.4) is 0 Å². The topological polar surface area (TPSA) is 71.3 Å². The Hall–Kier alpha value is -2.22. The van der Waals surface area contributed by atoms with Gasteiger partial charge in [-0.25, -0.2) is 0 Å². The largest absolute Gasteiger partial charge is 0.490 e. The van der Waals surface area contributed by atoms with Crippen LogP contribution in [-0.2, 0) is 0 Å². The van der Waals surface area contributed by atoms with Gasteiger partial charge in [-0.15, -0.1) is 0 Å². The molecular formula is C14H18N2O3. The number of amides is 1. The lowest BCUT2D eigenvalue weighted by atomic mass is 10.1. The molecule has 5 nitrogen and oxygen atoms in total. The zero-order valence-electron chi connectivity index (χ0n) is 11.4. The van der Waals surface area contributed by atoms with E-state index in [1.807, 2.05) is 19.9 Å². The molecule has 0 saturated carbocycles. The summed E-state index contributed by atoms with van der Waals surface area (Å²) in [5, 5.41) is 11.2. The second kappa shape index (κ2) is 7.27. The highest BCUT2D eigenvalue weighted by Gasteiger charge is 2.13. The average molecular weight is 262 g/mol. The normalized spacial score (nSPS) is 11.3. The minimum Gasteiger partial charge on any atom is -0.490 e. The summed E-state index contributed by atoms with van der Waals surface area (Å²) in [6.45, 7) is 6.37. The van der Waals surface area contributed by atoms with E-state index in [1.165, 1.54) is 0 Å². The van der Waals surface area contributed by atoms with Gasteiger partial charge in [-0.3, -0.25) is 4.79 Å². The minimum atomic E-state index is -0.533. The van der Waals surface area contributed by atoms with Crippen molar-refractivity contribution in [2.24, 2.45) is 0 Å². The first-order valence-electron chi connectivity index (χ1n) is 6.22. The highest BCUT2D eigenvalue weighted by molar-refractivity contribution is 5.95. The van der Waals surface area contributed by atoms with Crippen LogP contribution in [0.1, 0.15) is 31.1 Å². The van der Waals surface area contributed by atoms with Crippen LogP contribution in [0.5, 0.6) is 11.5 Å². The number of carbonyl (C=O) groups excluding carboxylic acids is 1. The van der Waals surface area contributed by atoms with Crippen LogP contribution in [0, 0.1) is 11.3 Å². The van der Waals surface area contributed by atoms with Gasteiger partial charge in [-0.05, 0) is 39.0 Å². The van der Waals surface area contributed by atoms with Gasteiger partial charge in [0, 0.05) is 5.56 Å². The van der Waals surface area contributed by atoms with Crippen molar-refractivity contribution < 1.29 is 14.3 Å². The highest BCUT2D eigenvalue weighted by Crippen LogP contribution is 2.28. The summed E-state index contributed by atoms with van der Waals surface area (Å²) < 4.78 is 10.9. The predicted octanol–water partition coefficient (Wildman–Crippen LogP) is 2.13. The van der Waals surface area contributed by atoms with Crippen LogP contribution in [-0.4, -0.2) is 25.2 Å². The molecule has 0 fully saturated rings. The molecule has 1 aromatic rings. The molecule has 0 heterocycles. The van der Waals surface area contributed by atoms with E-state index in [9.17, 15) is 4.79 Å². The second-order valence-electron chi connectivity index (χ2n) is 3.85. The van der Waals surface area contributed by atoms with Crippen LogP contribution in [0.25, 0.3) is 0 Å². The lowest BCUT2D eigenvalue weighted by Crippen LogP contribution is -2.31. The molecule has 0 spiro atoms. The summed E-state index contributed by atoms with van der Waals surface area (Å²) in [4.78, 5) is 11.9. The molecule has 1 N–H and O–H groups in total. The Morgan fingerprint density at radius 3 is 2.53 bits per heavy atom. The predicted molar refractivity (Wildman–Crippen MR) is 71.3 cm³/mol. The summed E-state index contributed by atoms with van der Waals surface area (Å²) in [5.74, 6) is 0.828. The average Bonchev–Trinajstić information content (AvgIpc) is 2.41. The summed E-state index contributed by atoms with van der Waals surface area (Å²) in [6, 6.07) is 6.38. The number of nitrogens with one attached hydrogen (secondary N) is 1. The zero-order chi connectivity index (χ0) is 14.3. The maximum atomic E-state index is 11.9. The standard InChI is InChI=1S/C14H18N2O3/c1-4-18-12-7-6-11(8-13(12)19-5-2)14(17)16-10(3)9-15/h6-8,10H,4-5H2,1-3H3,(H,16,17). The summed E-state index contributed by atoms with van der Waals surface area (Å²) >= 11 is 0. The molecule has 0 aliphatic heterocycles. The van der Waals surface area contributed by atoms with E-state index in [0.29, 0.717) is 30.3 Å². The van der Waals surface area contributed by atoms with Crippen molar-refractivity contribution in [3.63, 3.8) is 0 Å². The molecule has 0 aliphatic carbocycles. The SMILES string of the molecule is CCOc1ccc(C(=O)NC(C)C#N)cc1OCC. The molecule has 19 heavy (non-hydrogen) atoms. The van der Waals surface area contributed by atoms with Gasteiger partial charge in [0.1, 0.15) is 6.04 Å². The van der Waals surface area contributed by atoms with Crippen LogP contribution in [0.2, 0.25) is 0 Å². The van der Waals surface area contributed by atoms with Crippen LogP contribution in [0.15, 0.2) is 18.2 Å². The van der Waals surface area contributed by atoms with Crippen molar-refractivity contribution in [3.8, 4) is 17.6 Å². The first-order valence-corrected chi connectivity index (χ1v) is 6.22. The van der Waals surface area contributed by atoms with Crippen molar-refractivity contribution in [1.29, 1.82) is 5.26 Å². The van der Waals surface area contributed by atoms with E-state index >= 15 is 0 Å². The number of ether oxygens (including phenoxy) is 2. The fourth-order valence-corrected chi connectivity index (χ4v) is 1.50. The number of hydrogen-bond donors (Lipinski definition) is 1. The lowest BCUT2D eigenvalue weighted by Gasteiger charge is -2.12. The number of hydrogen-bond acceptors (Lipinski definition) is 4. The molecule has 5 heteroatoms. The Morgan fingerprint density at radius 2 is 1.95 bits per heavy atom. The Labute approximate surface area is 113 Å². The van der Waals surface area contributed by atoms with Gasteiger partial charge < -0.3 is 14.8 Å². The van der Waals surface area contributed by atoms with Gasteiger partial charge in [-0.2, -0.15) is 5.26 Å². The van der Waals surface area contributed by atoms with Gasteiger partial charge >= 0.3 is 0 Å². The molecule has 1 atom stereocenters. The Bertz CT molecular complexity index is 480. The van der Waals surface area contributed by atoms with Crippen LogP contribution >= 0.6 is 0 Å². The van der Waals surface area contributed by atoms with E-state index in [2.05, 4.69) is 5.32 Å². The number of rotatable bonds is 6. The molecule has 1 aromatic carbocycles. The van der Waals surface area contributed by atoms with Gasteiger partial charge in [0.15, 0.2) is 11.5 Å². The van der Waals surface area contributed by atoms with Gasteiger partial charge in [-0.1, -0.05) is 0 Å². The fraction of sp³-hybridized carbons (Fsp3) is 0.429. The van der Waals surface area contributed by atoms with E-state index < -0.39 is 6.04 Å². The third kappa shape index (κ3) is 4.18. The van der Waals surface area contributed by atoms with E-state index in [0.717, 1.165) is 0 Å². The first-order chi connectivity index (χ1) is 9.12. The van der Waals surface area contributed by atoms with Crippen LogP contribution < -0.4 is 14.8 Å². The Balaban J connectivity index is 2.94. The Morgan fingerprint density at radius 1 is 1.32 bits per heavy atom. The maximum absolute atomic E-state index is 11.9. The van der Waals surface area contributed by atoms with Gasteiger partial charge in [0.25, 0.3) is 5.91 Å². The van der Waals surface area contributed by atoms with Crippen molar-refractivity contribution >= 4 is 5.91 Å². The summed E-state index contributed by atoms with van der Waals surface area (Å²) in [5.41, 5.74) is 0.439. The van der Waals surface area contributed by atoms with Crippen molar-refractivity contribution in [3.05, 3.63) is 23.8 Å². The second-order valence-corrected chi connectivity index (χ2v) is 3.85. The number of carbonyl (C=O) groups is 1. The van der Waals surface area contributed by atoms with E-state index in [-0.39, 0.29) is 5.91 Å². The van der Waals surface area contributed by atoms with Crippen molar-refractivity contribution in [1.82, 2.24) is 5.32 Å². The molecule has 0 saturated heterocycles. The molecular weight excluding hydrogens is 244 g/mol. The molecule has 1 unspecified atom stereocenters. The molecule has 1 amide bonds. The molecule has 102 valence electrons. The first kappa shape index (κ1) is 14.8. The molecule has 0 bridgehead atoms. The van der Waals surface area contributed by atoms with Crippen molar-refractivity contribution in [2.45, 2.75) is 26.8 Å². The lowest BCUT2D eigenvalue weighted by molar-refractivity contribution is 0.0947. The number of nitriles is 1. The highest BCUT2D eigenvalue weighted by atomic mass is 16.5. The van der Waals surface area contributed by atoms with E-state index in [4.69, 9.17) is 14.7 Å². The quantitative estimate of drug-likeness (QED) is 0.852. The summed E-state index contributed by atoms with van der Waals surface area (Å²) in [6.07, 6.45) is 0. The third-order valence-corrected chi connectivity index (χ3v) is 2.35. The van der Waals surface area contributed by atoms with Gasteiger partial charge in [0.2, 0.25) is 0 Å².